The maximum absolute atomic E-state index is 8.54. The molecule has 202 valence electrons. The number of fused-ring (bicyclic) bond motifs is 2. The average Bonchev–Trinajstić information content (AvgIpc) is 3.39. The molecule has 0 bridgehead atoms. The molecule has 5 aromatic rings. The fourth-order valence-electron chi connectivity index (χ4n) is 6.10. The van der Waals surface area contributed by atoms with E-state index in [0.717, 1.165) is 30.6 Å². The molecule has 1 aliphatic rings. The molecule has 0 amide bonds. The molecule has 1 aliphatic carbocycles. The summed E-state index contributed by atoms with van der Waals surface area (Å²) in [7, 11) is 0.727. The van der Waals surface area contributed by atoms with Gasteiger partial charge in [0.15, 0.2) is 0 Å². The van der Waals surface area contributed by atoms with Gasteiger partial charge in [0.2, 0.25) is 0 Å². The van der Waals surface area contributed by atoms with Gasteiger partial charge < -0.3 is 11.2 Å². The average molecular weight is 737 g/mol. The summed E-state index contributed by atoms with van der Waals surface area (Å²) in [6.07, 6.45) is 7.10. The topological polar surface area (TPSA) is 9.23 Å². The third-order valence-corrected chi connectivity index (χ3v) is 11.0. The quantitative estimate of drug-likeness (QED) is 0.0701. The predicted molar refractivity (Wildman–Crippen MR) is 176 cm³/mol. The second-order valence-electron chi connectivity index (χ2n) is 10.7. The van der Waals surface area contributed by atoms with Crippen molar-refractivity contribution >= 4 is 59.6 Å². The van der Waals surface area contributed by atoms with Gasteiger partial charge in [-0.2, -0.15) is 5.41 Å². The second-order valence-corrected chi connectivity index (χ2v) is 13.3. The van der Waals surface area contributed by atoms with Crippen molar-refractivity contribution in [3.8, 4) is 5.75 Å². The summed E-state index contributed by atoms with van der Waals surface area (Å²) < 4.78 is 14.2. The molecule has 0 heterocycles. The minimum atomic E-state index is -0.989. The molecule has 0 aromatic heterocycles. The van der Waals surface area contributed by atoms with Crippen molar-refractivity contribution in [3.05, 3.63) is 121 Å². The first kappa shape index (κ1) is 27.4. The van der Waals surface area contributed by atoms with E-state index >= 15 is 0 Å². The number of halogens is 1. The third kappa shape index (κ3) is 6.60. The van der Waals surface area contributed by atoms with Gasteiger partial charge in [-0.1, -0.05) is 98.6 Å². The number of ether oxygens (including phenoxy) is 1. The zero-order chi connectivity index (χ0) is 28.1. The number of para-hydroxylation sites is 1. The van der Waals surface area contributed by atoms with Crippen molar-refractivity contribution < 1.29 is 21.7 Å². The number of rotatable bonds is 7. The van der Waals surface area contributed by atoms with Crippen LogP contribution in [-0.2, 0) is 15.6 Å². The molecule has 0 radical (unpaired) electrons. The summed E-state index contributed by atoms with van der Waals surface area (Å²) in [6, 6.07) is 38.0. The molecular formula is C35H35IOPPd+. The van der Waals surface area contributed by atoms with E-state index in [9.17, 15) is 0 Å². The van der Waals surface area contributed by atoms with E-state index in [4.69, 9.17) is 6.11 Å². The zero-order valence-corrected chi connectivity index (χ0v) is 27.1. The van der Waals surface area contributed by atoms with Crippen molar-refractivity contribution in [3.63, 3.8) is 0 Å². The van der Waals surface area contributed by atoms with Gasteiger partial charge in [-0.3, -0.25) is 0 Å². The van der Waals surface area contributed by atoms with Gasteiger partial charge in [-0.15, -0.1) is 5.92 Å². The first-order valence-corrected chi connectivity index (χ1v) is 19.8. The molecule has 0 spiro atoms. The molecule has 2 unspecified atom stereocenters. The Kier molecular flexibility index (Phi) is 9.33. The Morgan fingerprint density at radius 2 is 1.44 bits per heavy atom. The Labute approximate surface area is 257 Å². The van der Waals surface area contributed by atoms with E-state index < -0.39 is 7.92 Å². The number of hydrogen-bond donors (Lipinski definition) is 0. The maximum atomic E-state index is 8.54. The van der Waals surface area contributed by atoms with Crippen molar-refractivity contribution in [2.45, 2.75) is 32.1 Å². The van der Waals surface area contributed by atoms with E-state index in [1.807, 2.05) is 37.7 Å². The molecular weight excluding hydrogens is 701 g/mol. The molecule has 39 heavy (non-hydrogen) atoms. The Balaban J connectivity index is 0.00000158. The van der Waals surface area contributed by atoms with Gasteiger partial charge in [0.05, 0.1) is 33.2 Å². The Morgan fingerprint density at radius 3 is 2.03 bits per heavy atom. The number of hydrogen-bond acceptors (Lipinski definition) is 1. The van der Waals surface area contributed by atoms with Crippen LogP contribution in [-0.4, -0.2) is 13.3 Å². The Bertz CT molecular complexity index is 1530. The summed E-state index contributed by atoms with van der Waals surface area (Å²) >= 11 is 4.72. The van der Waals surface area contributed by atoms with Crippen LogP contribution in [0.3, 0.4) is 0 Å². The van der Waals surface area contributed by atoms with E-state index in [-0.39, 0.29) is 11.3 Å². The molecule has 0 N–H and O–H groups in total. The summed E-state index contributed by atoms with van der Waals surface area (Å²) in [4.78, 5) is 0. The molecule has 0 saturated heterocycles. The molecule has 6 rings (SSSR count). The van der Waals surface area contributed by atoms with Crippen molar-refractivity contribution in [1.82, 2.24) is 0 Å². The monoisotopic (exact) mass is 736 g/mol. The molecule has 1 saturated carbocycles. The van der Waals surface area contributed by atoms with E-state index in [2.05, 4.69) is 114 Å². The van der Waals surface area contributed by atoms with Crippen LogP contribution in [0.4, 0.5) is 0 Å². The molecule has 1 nitrogen and oxygen atoms in total. The van der Waals surface area contributed by atoms with E-state index in [0.29, 0.717) is 6.04 Å². The van der Waals surface area contributed by atoms with Crippen molar-refractivity contribution in [2.75, 3.05) is 13.3 Å². The summed E-state index contributed by atoms with van der Waals surface area (Å²) in [5.74, 6) is 1.13. The minimum absolute atomic E-state index is 0.154. The second kappa shape index (κ2) is 13.3. The Hall–Kier alpha value is -1.76. The zero-order valence-electron chi connectivity index (χ0n) is 23.4. The van der Waals surface area contributed by atoms with Crippen LogP contribution in [0.15, 0.2) is 109 Å². The third-order valence-electron chi connectivity index (χ3n) is 8.21. The summed E-state index contributed by atoms with van der Waals surface area (Å²) in [6.45, 7) is 2.42. The fraction of sp³-hybridized carbons (Fsp3) is 0.229. The van der Waals surface area contributed by atoms with Crippen LogP contribution >= 0.6 is 27.4 Å². The SMILES string of the molecule is [2H]c1cccc(OC)c1C1[CH-]C(C)(CC[PH+](c2ccc3ccccc3c2)c2ccc3ccccc3c2)CC1.[Pd+][I]. The summed E-state index contributed by atoms with van der Waals surface area (Å²) in [5.41, 5.74) is 1.20. The van der Waals surface area contributed by atoms with Gasteiger partial charge in [0, 0.05) is 0 Å². The van der Waals surface area contributed by atoms with Gasteiger partial charge in [0.25, 0.3) is 0 Å². The van der Waals surface area contributed by atoms with Crippen LogP contribution in [0.1, 0.15) is 39.0 Å². The van der Waals surface area contributed by atoms with E-state index in [1.54, 1.807) is 7.11 Å². The molecule has 0 aliphatic heterocycles. The van der Waals surface area contributed by atoms with Crippen LogP contribution < -0.4 is 15.3 Å². The van der Waals surface area contributed by atoms with Crippen LogP contribution in [0, 0.1) is 11.8 Å². The molecule has 4 heteroatoms. The Morgan fingerprint density at radius 1 is 0.872 bits per heavy atom. The first-order chi connectivity index (χ1) is 19.5. The van der Waals surface area contributed by atoms with Crippen molar-refractivity contribution in [1.29, 1.82) is 0 Å². The number of benzene rings is 5. The van der Waals surface area contributed by atoms with Gasteiger partial charge >= 0.3 is 35.1 Å². The van der Waals surface area contributed by atoms with Gasteiger partial charge in [-0.05, 0) is 63.9 Å². The van der Waals surface area contributed by atoms with Crippen LogP contribution in [0.25, 0.3) is 21.5 Å². The fourth-order valence-corrected chi connectivity index (χ4v) is 9.06. The van der Waals surface area contributed by atoms with E-state index in [1.165, 1.54) is 38.3 Å². The standard InChI is InChI=1S/C35H34OP.HI.Pd/c1-35(20-19-30(25-35)33-13-7-8-14-34(33)36-2)21-22-37(31-17-15-26-9-3-5-11-28(26)23-31)32-18-16-27-10-4-6-12-29(27)24-32;;/h3-18,23-25,30H,19-22H2,1-2H3;1H;/q-1;;+2/i13D;;. The van der Waals surface area contributed by atoms with Crippen molar-refractivity contribution in [2.24, 2.45) is 5.41 Å². The van der Waals surface area contributed by atoms with Crippen LogP contribution in [0.2, 0.25) is 0 Å². The van der Waals surface area contributed by atoms with Gasteiger partial charge in [-0.25, -0.2) is 0 Å². The van der Waals surface area contributed by atoms with Crippen LogP contribution in [0.5, 0.6) is 5.75 Å². The molecule has 1 fully saturated rings. The normalized spacial score (nSPS) is 19.1. The summed E-state index contributed by atoms with van der Waals surface area (Å²) in [5, 5.41) is 8.23. The predicted octanol–water partition coefficient (Wildman–Crippen LogP) is 9.23. The first-order valence-electron chi connectivity index (χ1n) is 14.0. The molecule has 2 atom stereocenters. The molecule has 5 aromatic carbocycles. The number of methoxy groups -OCH3 is 1. The van der Waals surface area contributed by atoms with Gasteiger partial charge in [0.1, 0.15) is 5.75 Å².